The second-order valence-electron chi connectivity index (χ2n) is 3.99. The zero-order valence-electron chi connectivity index (χ0n) is 9.96. The van der Waals surface area contributed by atoms with Crippen LogP contribution >= 0.6 is 0 Å². The molecule has 0 spiro atoms. The molecule has 0 saturated heterocycles. The Kier molecular flexibility index (Phi) is 2.72. The second kappa shape index (κ2) is 4.52. The van der Waals surface area contributed by atoms with Crippen LogP contribution in [0.4, 0.5) is 5.95 Å². The fourth-order valence-electron chi connectivity index (χ4n) is 1.93. The van der Waals surface area contributed by atoms with E-state index in [1.54, 1.807) is 19.5 Å². The number of nitrogens with one attached hydrogen (secondary N) is 1. The topological polar surface area (TPSA) is 56.3 Å². The molecule has 0 fully saturated rings. The van der Waals surface area contributed by atoms with Crippen LogP contribution < -0.4 is 14.8 Å². The highest BCUT2D eigenvalue weighted by Crippen LogP contribution is 2.33. The van der Waals surface area contributed by atoms with Gasteiger partial charge in [0.25, 0.3) is 0 Å². The normalized spacial score (nSPS) is 16.8. The molecule has 5 nitrogen and oxygen atoms in total. The lowest BCUT2D eigenvalue weighted by molar-refractivity contribution is 0.339. The third kappa shape index (κ3) is 1.95. The SMILES string of the molecule is COc1cnc(NC2COc3ccccc32)nc1. The highest BCUT2D eigenvalue weighted by atomic mass is 16.5. The van der Waals surface area contributed by atoms with Gasteiger partial charge in [0.2, 0.25) is 5.95 Å². The fourth-order valence-corrected chi connectivity index (χ4v) is 1.93. The maximum absolute atomic E-state index is 5.59. The Balaban J connectivity index is 1.77. The summed E-state index contributed by atoms with van der Waals surface area (Å²) in [7, 11) is 1.59. The fraction of sp³-hybridized carbons (Fsp3) is 0.231. The Hall–Kier alpha value is -2.30. The molecule has 5 heteroatoms. The molecule has 18 heavy (non-hydrogen) atoms. The van der Waals surface area contributed by atoms with Crippen LogP contribution in [0.5, 0.6) is 11.5 Å². The van der Waals surface area contributed by atoms with E-state index in [-0.39, 0.29) is 6.04 Å². The molecule has 2 heterocycles. The van der Waals surface area contributed by atoms with E-state index >= 15 is 0 Å². The first kappa shape index (κ1) is 10.8. The maximum atomic E-state index is 5.59. The number of para-hydroxylation sites is 1. The minimum absolute atomic E-state index is 0.0922. The lowest BCUT2D eigenvalue weighted by Gasteiger charge is -2.11. The maximum Gasteiger partial charge on any atom is 0.223 e. The summed E-state index contributed by atoms with van der Waals surface area (Å²) >= 11 is 0. The molecular formula is C13H13N3O2. The molecule has 2 aromatic rings. The van der Waals surface area contributed by atoms with Gasteiger partial charge in [-0.2, -0.15) is 0 Å². The van der Waals surface area contributed by atoms with Crippen molar-refractivity contribution in [3.05, 3.63) is 42.2 Å². The van der Waals surface area contributed by atoms with Gasteiger partial charge < -0.3 is 14.8 Å². The van der Waals surface area contributed by atoms with Gasteiger partial charge in [-0.3, -0.25) is 0 Å². The minimum atomic E-state index is 0.0922. The highest BCUT2D eigenvalue weighted by molar-refractivity contribution is 5.44. The van der Waals surface area contributed by atoms with Crippen molar-refractivity contribution in [2.45, 2.75) is 6.04 Å². The van der Waals surface area contributed by atoms with Gasteiger partial charge in [-0.1, -0.05) is 18.2 Å². The van der Waals surface area contributed by atoms with Crippen LogP contribution in [0, 0.1) is 0 Å². The number of fused-ring (bicyclic) bond motifs is 1. The lowest BCUT2D eigenvalue weighted by atomic mass is 10.1. The van der Waals surface area contributed by atoms with Crippen molar-refractivity contribution in [3.63, 3.8) is 0 Å². The first-order valence-corrected chi connectivity index (χ1v) is 5.71. The number of benzene rings is 1. The summed E-state index contributed by atoms with van der Waals surface area (Å²) in [6.07, 6.45) is 3.27. The summed E-state index contributed by atoms with van der Waals surface area (Å²) in [6.45, 7) is 0.592. The average Bonchev–Trinajstić information content (AvgIpc) is 2.83. The summed E-state index contributed by atoms with van der Waals surface area (Å²) < 4.78 is 10.6. The molecule has 1 aliphatic rings. The van der Waals surface area contributed by atoms with E-state index in [0.29, 0.717) is 18.3 Å². The Morgan fingerprint density at radius 3 is 2.83 bits per heavy atom. The van der Waals surface area contributed by atoms with Crippen LogP contribution in [-0.2, 0) is 0 Å². The molecule has 1 aliphatic heterocycles. The predicted molar refractivity (Wildman–Crippen MR) is 66.9 cm³/mol. The monoisotopic (exact) mass is 243 g/mol. The van der Waals surface area contributed by atoms with Gasteiger partial charge in [-0.25, -0.2) is 9.97 Å². The van der Waals surface area contributed by atoms with Gasteiger partial charge in [0.05, 0.1) is 25.5 Å². The molecule has 1 aromatic heterocycles. The first-order chi connectivity index (χ1) is 8.86. The standard InChI is InChI=1S/C13H13N3O2/c1-17-9-6-14-13(15-7-9)16-11-8-18-12-5-3-2-4-10(11)12/h2-7,11H,8H2,1H3,(H,14,15,16). The molecule has 0 radical (unpaired) electrons. The van der Waals surface area contributed by atoms with E-state index in [1.807, 2.05) is 24.3 Å². The lowest BCUT2D eigenvalue weighted by Crippen LogP contribution is -2.13. The van der Waals surface area contributed by atoms with E-state index in [9.17, 15) is 0 Å². The number of hydrogen-bond acceptors (Lipinski definition) is 5. The van der Waals surface area contributed by atoms with Crippen LogP contribution in [0.2, 0.25) is 0 Å². The molecule has 1 unspecified atom stereocenters. The van der Waals surface area contributed by atoms with Gasteiger partial charge in [0.15, 0.2) is 5.75 Å². The average molecular weight is 243 g/mol. The highest BCUT2D eigenvalue weighted by Gasteiger charge is 2.23. The number of hydrogen-bond donors (Lipinski definition) is 1. The molecule has 0 amide bonds. The van der Waals surface area contributed by atoms with Crippen molar-refractivity contribution >= 4 is 5.95 Å². The van der Waals surface area contributed by atoms with Crippen LogP contribution in [0.1, 0.15) is 11.6 Å². The molecule has 92 valence electrons. The summed E-state index contributed by atoms with van der Waals surface area (Å²) in [5.41, 5.74) is 1.14. The van der Waals surface area contributed by atoms with E-state index in [2.05, 4.69) is 15.3 Å². The zero-order valence-corrected chi connectivity index (χ0v) is 9.96. The summed E-state index contributed by atoms with van der Waals surface area (Å²) in [6, 6.07) is 8.06. The molecule has 0 bridgehead atoms. The number of ether oxygens (including phenoxy) is 2. The molecule has 0 aliphatic carbocycles. The van der Waals surface area contributed by atoms with Crippen LogP contribution in [0.15, 0.2) is 36.7 Å². The number of rotatable bonds is 3. The first-order valence-electron chi connectivity index (χ1n) is 5.71. The van der Waals surface area contributed by atoms with E-state index in [4.69, 9.17) is 9.47 Å². The number of aromatic nitrogens is 2. The van der Waals surface area contributed by atoms with Crippen LogP contribution in [-0.4, -0.2) is 23.7 Å². The summed E-state index contributed by atoms with van der Waals surface area (Å²) in [4.78, 5) is 8.37. The van der Waals surface area contributed by atoms with Crippen molar-refractivity contribution in [1.29, 1.82) is 0 Å². The minimum Gasteiger partial charge on any atom is -0.494 e. The quantitative estimate of drug-likeness (QED) is 0.893. The molecule has 0 saturated carbocycles. The van der Waals surface area contributed by atoms with E-state index in [0.717, 1.165) is 11.3 Å². The molecule has 1 N–H and O–H groups in total. The largest absolute Gasteiger partial charge is 0.494 e. The van der Waals surface area contributed by atoms with E-state index in [1.165, 1.54) is 0 Å². The predicted octanol–water partition coefficient (Wildman–Crippen LogP) is 2.03. The Labute approximate surface area is 105 Å². The molecular weight excluding hydrogens is 230 g/mol. The Morgan fingerprint density at radius 1 is 1.28 bits per heavy atom. The van der Waals surface area contributed by atoms with Gasteiger partial charge in [-0.05, 0) is 6.07 Å². The second-order valence-corrected chi connectivity index (χ2v) is 3.99. The smallest absolute Gasteiger partial charge is 0.223 e. The van der Waals surface area contributed by atoms with Crippen molar-refractivity contribution in [1.82, 2.24) is 9.97 Å². The molecule has 1 atom stereocenters. The van der Waals surface area contributed by atoms with Gasteiger partial charge >= 0.3 is 0 Å². The Bertz CT molecular complexity index is 542. The van der Waals surface area contributed by atoms with Crippen LogP contribution in [0.3, 0.4) is 0 Å². The van der Waals surface area contributed by atoms with Gasteiger partial charge in [0, 0.05) is 5.56 Å². The zero-order chi connectivity index (χ0) is 12.4. The number of anilines is 1. The van der Waals surface area contributed by atoms with E-state index < -0.39 is 0 Å². The molecule has 1 aromatic carbocycles. The van der Waals surface area contributed by atoms with Crippen molar-refractivity contribution < 1.29 is 9.47 Å². The van der Waals surface area contributed by atoms with Crippen molar-refractivity contribution in [2.75, 3.05) is 19.0 Å². The van der Waals surface area contributed by atoms with Gasteiger partial charge in [-0.15, -0.1) is 0 Å². The molecule has 3 rings (SSSR count). The van der Waals surface area contributed by atoms with Crippen LogP contribution in [0.25, 0.3) is 0 Å². The number of methoxy groups -OCH3 is 1. The number of nitrogens with zero attached hydrogens (tertiary/aromatic N) is 2. The van der Waals surface area contributed by atoms with Crippen molar-refractivity contribution in [3.8, 4) is 11.5 Å². The summed E-state index contributed by atoms with van der Waals surface area (Å²) in [5.74, 6) is 2.13. The summed E-state index contributed by atoms with van der Waals surface area (Å²) in [5, 5.41) is 3.25. The van der Waals surface area contributed by atoms with Gasteiger partial charge in [0.1, 0.15) is 12.4 Å². The van der Waals surface area contributed by atoms with Crippen molar-refractivity contribution in [2.24, 2.45) is 0 Å². The third-order valence-corrected chi connectivity index (χ3v) is 2.87. The Morgan fingerprint density at radius 2 is 2.06 bits per heavy atom. The third-order valence-electron chi connectivity index (χ3n) is 2.87.